The first-order valence-electron chi connectivity index (χ1n) is 8.26. The fraction of sp³-hybridized carbons (Fsp3) is 0.526. The van der Waals surface area contributed by atoms with Crippen molar-refractivity contribution in [2.24, 2.45) is 5.73 Å². The van der Waals surface area contributed by atoms with Gasteiger partial charge in [0.2, 0.25) is 5.91 Å². The SMILES string of the molecule is COCC1(CCC(C)=C(C)C)Nc2ccc(C(N)=O)cc2CC1Cl. The van der Waals surface area contributed by atoms with Gasteiger partial charge in [0.05, 0.1) is 17.5 Å². The Balaban J connectivity index is 2.30. The lowest BCUT2D eigenvalue weighted by molar-refractivity contribution is 0.1000. The summed E-state index contributed by atoms with van der Waals surface area (Å²) in [7, 11) is 1.70. The lowest BCUT2D eigenvalue weighted by Gasteiger charge is -2.43. The predicted octanol–water partition coefficient (Wildman–Crippen LogP) is 3.88. The Labute approximate surface area is 149 Å². The van der Waals surface area contributed by atoms with E-state index in [0.717, 1.165) is 24.1 Å². The van der Waals surface area contributed by atoms with Crippen LogP contribution in [0.1, 0.15) is 49.5 Å². The maximum Gasteiger partial charge on any atom is 0.248 e. The maximum absolute atomic E-state index is 11.4. The van der Waals surface area contributed by atoms with Gasteiger partial charge in [0, 0.05) is 18.4 Å². The Bertz CT molecular complexity index is 653. The Morgan fingerprint density at radius 3 is 2.71 bits per heavy atom. The number of carbonyl (C=O) groups excluding carboxylic acids is 1. The third-order valence-corrected chi connectivity index (χ3v) is 5.55. The minimum atomic E-state index is -0.420. The van der Waals surface area contributed by atoms with Crippen LogP contribution in [-0.4, -0.2) is 30.5 Å². The van der Waals surface area contributed by atoms with Crippen molar-refractivity contribution < 1.29 is 9.53 Å². The third kappa shape index (κ3) is 3.93. The summed E-state index contributed by atoms with van der Waals surface area (Å²) in [5.74, 6) is -0.420. The molecular formula is C19H27ClN2O2. The first-order chi connectivity index (χ1) is 11.3. The van der Waals surface area contributed by atoms with Crippen molar-refractivity contribution in [1.82, 2.24) is 0 Å². The van der Waals surface area contributed by atoms with E-state index in [-0.39, 0.29) is 10.9 Å². The van der Waals surface area contributed by atoms with Gasteiger partial charge in [-0.2, -0.15) is 0 Å². The number of benzene rings is 1. The van der Waals surface area contributed by atoms with Crippen LogP contribution in [0.15, 0.2) is 29.3 Å². The Kier molecular flexibility index (Phi) is 5.94. The van der Waals surface area contributed by atoms with Gasteiger partial charge in [-0.25, -0.2) is 0 Å². The standard InChI is InChI=1S/C19H27ClN2O2/c1-12(2)13(3)7-8-19(11-24-4)17(20)10-15-9-14(18(21)23)5-6-16(15)22-19/h5-6,9,17,22H,7-8,10-11H2,1-4H3,(H2,21,23). The van der Waals surface area contributed by atoms with Gasteiger partial charge in [0.25, 0.3) is 0 Å². The number of carbonyl (C=O) groups is 1. The molecule has 24 heavy (non-hydrogen) atoms. The average molecular weight is 351 g/mol. The van der Waals surface area contributed by atoms with Gasteiger partial charge in [0.1, 0.15) is 0 Å². The number of fused-ring (bicyclic) bond motifs is 1. The van der Waals surface area contributed by atoms with Crippen LogP contribution < -0.4 is 11.1 Å². The molecule has 1 aliphatic heterocycles. The number of halogens is 1. The van der Waals surface area contributed by atoms with Crippen molar-refractivity contribution in [3.05, 3.63) is 40.5 Å². The summed E-state index contributed by atoms with van der Waals surface area (Å²) in [6.45, 7) is 6.96. The van der Waals surface area contributed by atoms with Crippen molar-refractivity contribution in [2.45, 2.75) is 50.9 Å². The molecule has 0 saturated heterocycles. The van der Waals surface area contributed by atoms with Crippen molar-refractivity contribution in [2.75, 3.05) is 19.0 Å². The molecule has 2 rings (SSSR count). The van der Waals surface area contributed by atoms with Crippen molar-refractivity contribution >= 4 is 23.2 Å². The molecule has 1 amide bonds. The van der Waals surface area contributed by atoms with Crippen LogP contribution in [0.4, 0.5) is 5.69 Å². The fourth-order valence-corrected chi connectivity index (χ4v) is 3.50. The number of methoxy groups -OCH3 is 1. The average Bonchev–Trinajstić information content (AvgIpc) is 2.53. The van der Waals surface area contributed by atoms with E-state index in [9.17, 15) is 4.79 Å². The van der Waals surface area contributed by atoms with Gasteiger partial charge < -0.3 is 15.8 Å². The monoisotopic (exact) mass is 350 g/mol. The van der Waals surface area contributed by atoms with Gasteiger partial charge in [-0.1, -0.05) is 11.1 Å². The molecule has 1 aromatic rings. The number of ether oxygens (including phenoxy) is 1. The summed E-state index contributed by atoms with van der Waals surface area (Å²) in [6.07, 6.45) is 2.54. The van der Waals surface area contributed by atoms with E-state index in [0.29, 0.717) is 18.6 Å². The number of amides is 1. The number of alkyl halides is 1. The van der Waals surface area contributed by atoms with E-state index in [1.165, 1.54) is 11.1 Å². The van der Waals surface area contributed by atoms with Gasteiger partial charge in [-0.05, 0) is 63.8 Å². The van der Waals surface area contributed by atoms with Crippen LogP contribution in [0.2, 0.25) is 0 Å². The summed E-state index contributed by atoms with van der Waals surface area (Å²) >= 11 is 6.77. The third-order valence-electron chi connectivity index (χ3n) is 4.97. The number of nitrogens with two attached hydrogens (primary N) is 1. The molecule has 4 nitrogen and oxygen atoms in total. The van der Waals surface area contributed by atoms with Crippen LogP contribution in [0, 0.1) is 0 Å². The number of primary amides is 1. The number of nitrogens with one attached hydrogen (secondary N) is 1. The molecule has 2 unspecified atom stereocenters. The van der Waals surface area contributed by atoms with Crippen LogP contribution >= 0.6 is 11.6 Å². The molecule has 3 N–H and O–H groups in total. The van der Waals surface area contributed by atoms with Crippen molar-refractivity contribution in [1.29, 1.82) is 0 Å². The van der Waals surface area contributed by atoms with Crippen LogP contribution in [0.3, 0.4) is 0 Å². The molecule has 1 heterocycles. The lowest BCUT2D eigenvalue weighted by atomic mass is 9.81. The zero-order chi connectivity index (χ0) is 17.9. The Morgan fingerprint density at radius 1 is 1.42 bits per heavy atom. The molecule has 132 valence electrons. The van der Waals surface area contributed by atoms with Crippen LogP contribution in [0.25, 0.3) is 0 Å². The van der Waals surface area contributed by atoms with E-state index in [1.807, 2.05) is 12.1 Å². The second-order valence-corrected chi connectivity index (χ2v) is 7.43. The highest BCUT2D eigenvalue weighted by Gasteiger charge is 2.41. The summed E-state index contributed by atoms with van der Waals surface area (Å²) in [4.78, 5) is 11.4. The van der Waals surface area contributed by atoms with E-state index in [2.05, 4.69) is 26.1 Å². The van der Waals surface area contributed by atoms with Crippen LogP contribution in [-0.2, 0) is 11.2 Å². The first kappa shape index (κ1) is 18.8. The minimum Gasteiger partial charge on any atom is -0.382 e. The highest BCUT2D eigenvalue weighted by molar-refractivity contribution is 6.22. The Hall–Kier alpha value is -1.52. The smallest absolute Gasteiger partial charge is 0.248 e. The van der Waals surface area contributed by atoms with E-state index < -0.39 is 5.91 Å². The molecule has 1 aromatic carbocycles. The van der Waals surface area contributed by atoms with Gasteiger partial charge in [0.15, 0.2) is 0 Å². The molecule has 5 heteroatoms. The molecule has 1 aliphatic rings. The molecule has 0 spiro atoms. The largest absolute Gasteiger partial charge is 0.382 e. The molecular weight excluding hydrogens is 324 g/mol. The number of anilines is 1. The highest BCUT2D eigenvalue weighted by atomic mass is 35.5. The van der Waals surface area contributed by atoms with E-state index in [1.54, 1.807) is 13.2 Å². The number of allylic oxidation sites excluding steroid dienone is 2. The van der Waals surface area contributed by atoms with E-state index in [4.69, 9.17) is 22.1 Å². The molecule has 0 radical (unpaired) electrons. The zero-order valence-corrected chi connectivity index (χ0v) is 15.7. The molecule has 2 atom stereocenters. The summed E-state index contributed by atoms with van der Waals surface area (Å²) in [5.41, 5.74) is 10.3. The topological polar surface area (TPSA) is 64.3 Å². The zero-order valence-electron chi connectivity index (χ0n) is 14.9. The molecule has 0 aliphatic carbocycles. The second kappa shape index (κ2) is 7.58. The molecule has 0 aromatic heterocycles. The lowest BCUT2D eigenvalue weighted by Crippen LogP contribution is -2.54. The fourth-order valence-electron chi connectivity index (χ4n) is 3.11. The maximum atomic E-state index is 11.4. The van der Waals surface area contributed by atoms with E-state index >= 15 is 0 Å². The number of hydrogen-bond acceptors (Lipinski definition) is 3. The summed E-state index contributed by atoms with van der Waals surface area (Å²) in [6, 6.07) is 5.50. The van der Waals surface area contributed by atoms with Crippen molar-refractivity contribution in [3.8, 4) is 0 Å². The summed E-state index contributed by atoms with van der Waals surface area (Å²) in [5, 5.41) is 3.46. The molecule has 0 bridgehead atoms. The van der Waals surface area contributed by atoms with Crippen molar-refractivity contribution in [3.63, 3.8) is 0 Å². The highest BCUT2D eigenvalue weighted by Crippen LogP contribution is 2.38. The Morgan fingerprint density at radius 2 is 2.12 bits per heavy atom. The molecule has 0 fully saturated rings. The molecule has 0 saturated carbocycles. The quantitative estimate of drug-likeness (QED) is 0.604. The van der Waals surface area contributed by atoms with Crippen LogP contribution in [0.5, 0.6) is 0 Å². The second-order valence-electron chi connectivity index (χ2n) is 6.90. The van der Waals surface area contributed by atoms with Gasteiger partial charge in [-0.3, -0.25) is 4.79 Å². The van der Waals surface area contributed by atoms with Gasteiger partial charge in [-0.15, -0.1) is 11.6 Å². The number of hydrogen-bond donors (Lipinski definition) is 2. The predicted molar refractivity (Wildman–Crippen MR) is 99.8 cm³/mol. The first-order valence-corrected chi connectivity index (χ1v) is 8.69. The van der Waals surface area contributed by atoms with Gasteiger partial charge >= 0.3 is 0 Å². The minimum absolute atomic E-state index is 0.127. The number of rotatable bonds is 6. The normalized spacial score (nSPS) is 22.5. The summed E-state index contributed by atoms with van der Waals surface area (Å²) < 4.78 is 5.49.